The van der Waals surface area contributed by atoms with Gasteiger partial charge in [-0.2, -0.15) is 0 Å². The van der Waals surface area contributed by atoms with Crippen LogP contribution in [0.5, 0.6) is 5.75 Å². The molecule has 0 aromatic heterocycles. The Morgan fingerprint density at radius 3 is 2.67 bits per heavy atom. The second-order valence-corrected chi connectivity index (χ2v) is 4.51. The Morgan fingerprint density at radius 1 is 1.33 bits per heavy atom. The maximum atomic E-state index is 10.9. The first kappa shape index (κ1) is 14.6. The maximum absolute atomic E-state index is 10.9. The quantitative estimate of drug-likeness (QED) is 0.711. The molecule has 3 heteroatoms. The third-order valence-electron chi connectivity index (χ3n) is 3.12. The van der Waals surface area contributed by atoms with Gasteiger partial charge in [0, 0.05) is 5.56 Å². The van der Waals surface area contributed by atoms with E-state index < -0.39 is 5.97 Å². The van der Waals surface area contributed by atoms with Crippen LogP contribution in [0.2, 0.25) is 0 Å². The normalized spacial score (nSPS) is 12.1. The first-order chi connectivity index (χ1) is 8.69. The van der Waals surface area contributed by atoms with E-state index in [1.807, 2.05) is 0 Å². The molecule has 0 aliphatic rings. The molecule has 18 heavy (non-hydrogen) atoms. The van der Waals surface area contributed by atoms with Gasteiger partial charge in [-0.05, 0) is 24.5 Å². The Balaban J connectivity index is 2.59. The van der Waals surface area contributed by atoms with Gasteiger partial charge in [0.2, 0.25) is 0 Å². The van der Waals surface area contributed by atoms with E-state index in [4.69, 9.17) is 4.74 Å². The van der Waals surface area contributed by atoms with E-state index in [0.29, 0.717) is 18.3 Å². The Bertz CT molecular complexity index is 374. The van der Waals surface area contributed by atoms with Crippen LogP contribution in [0.4, 0.5) is 0 Å². The summed E-state index contributed by atoms with van der Waals surface area (Å²) in [6.45, 7) is 4.87. The fraction of sp³-hybridized carbons (Fsp3) is 0.533. The fourth-order valence-electron chi connectivity index (χ4n) is 1.87. The summed E-state index contributed by atoms with van der Waals surface area (Å²) in [5, 5.41) is 10.9. The Kier molecular flexibility index (Phi) is 6.26. The zero-order valence-corrected chi connectivity index (χ0v) is 11.1. The number of hydrogen-bond acceptors (Lipinski definition) is 3. The molecule has 0 radical (unpaired) electrons. The third-order valence-corrected chi connectivity index (χ3v) is 3.12. The van der Waals surface area contributed by atoms with Gasteiger partial charge >= 0.3 is 0 Å². The summed E-state index contributed by atoms with van der Waals surface area (Å²) in [7, 11) is 0. The average Bonchev–Trinajstić information content (AvgIpc) is 2.39. The van der Waals surface area contributed by atoms with E-state index in [1.54, 1.807) is 18.2 Å². The number of carboxylic acid groups (broad SMARTS) is 1. The largest absolute Gasteiger partial charge is 0.545 e. The lowest BCUT2D eigenvalue weighted by Crippen LogP contribution is -2.23. The summed E-state index contributed by atoms with van der Waals surface area (Å²) < 4.78 is 5.63. The van der Waals surface area contributed by atoms with Crippen molar-refractivity contribution < 1.29 is 14.6 Å². The van der Waals surface area contributed by atoms with Crippen LogP contribution >= 0.6 is 0 Å². The van der Waals surface area contributed by atoms with Crippen LogP contribution in [0.25, 0.3) is 0 Å². The third kappa shape index (κ3) is 4.40. The molecule has 3 nitrogen and oxygen atoms in total. The van der Waals surface area contributed by atoms with Crippen molar-refractivity contribution in [1.29, 1.82) is 0 Å². The molecule has 0 fully saturated rings. The van der Waals surface area contributed by atoms with E-state index in [0.717, 1.165) is 12.8 Å². The van der Waals surface area contributed by atoms with E-state index >= 15 is 0 Å². The molecule has 0 aliphatic carbocycles. The van der Waals surface area contributed by atoms with Gasteiger partial charge in [-0.3, -0.25) is 0 Å². The molecular weight excluding hydrogens is 228 g/mol. The first-order valence-electron chi connectivity index (χ1n) is 6.62. The highest BCUT2D eigenvalue weighted by molar-refractivity contribution is 5.89. The van der Waals surface area contributed by atoms with Crippen LogP contribution < -0.4 is 9.84 Å². The number of para-hydroxylation sites is 1. The van der Waals surface area contributed by atoms with Gasteiger partial charge in [-0.15, -0.1) is 0 Å². The summed E-state index contributed by atoms with van der Waals surface area (Å²) in [5.41, 5.74) is 0.128. The minimum atomic E-state index is -1.19. The van der Waals surface area contributed by atoms with E-state index in [-0.39, 0.29) is 5.56 Å². The first-order valence-corrected chi connectivity index (χ1v) is 6.62. The van der Waals surface area contributed by atoms with Crippen molar-refractivity contribution in [2.24, 2.45) is 5.92 Å². The van der Waals surface area contributed by atoms with Crippen molar-refractivity contribution in [3.63, 3.8) is 0 Å². The molecule has 0 bridgehead atoms. The van der Waals surface area contributed by atoms with Gasteiger partial charge < -0.3 is 14.6 Å². The van der Waals surface area contributed by atoms with E-state index in [1.165, 1.54) is 18.9 Å². The minimum absolute atomic E-state index is 0.128. The number of carbonyl (C=O) groups excluding carboxylic acids is 1. The second kappa shape index (κ2) is 7.75. The number of aromatic carboxylic acids is 1. The zero-order chi connectivity index (χ0) is 13.4. The lowest BCUT2D eigenvalue weighted by molar-refractivity contribution is -0.255. The number of carbonyl (C=O) groups is 1. The molecule has 1 unspecified atom stereocenters. The summed E-state index contributed by atoms with van der Waals surface area (Å²) in [4.78, 5) is 10.9. The van der Waals surface area contributed by atoms with Gasteiger partial charge in [0.05, 0.1) is 12.6 Å². The molecule has 0 saturated heterocycles. The molecule has 1 atom stereocenters. The van der Waals surface area contributed by atoms with Crippen molar-refractivity contribution in [3.05, 3.63) is 29.8 Å². The Morgan fingerprint density at radius 2 is 2.06 bits per heavy atom. The molecule has 0 amide bonds. The Hall–Kier alpha value is -1.51. The number of ether oxygens (including phenoxy) is 1. The summed E-state index contributed by atoms with van der Waals surface area (Å²) in [5.74, 6) is -0.292. The van der Waals surface area contributed by atoms with E-state index in [2.05, 4.69) is 13.8 Å². The number of benzene rings is 1. The zero-order valence-electron chi connectivity index (χ0n) is 11.1. The number of carboxylic acids is 1. The van der Waals surface area contributed by atoms with Gasteiger partial charge in [0.15, 0.2) is 0 Å². The highest BCUT2D eigenvalue weighted by atomic mass is 16.5. The van der Waals surface area contributed by atoms with Crippen LogP contribution in [0.3, 0.4) is 0 Å². The smallest absolute Gasteiger partial charge is 0.128 e. The van der Waals surface area contributed by atoms with Crippen molar-refractivity contribution in [2.75, 3.05) is 6.61 Å². The summed E-state index contributed by atoms with van der Waals surface area (Å²) >= 11 is 0. The van der Waals surface area contributed by atoms with Crippen LogP contribution in [0.15, 0.2) is 24.3 Å². The van der Waals surface area contributed by atoms with Crippen molar-refractivity contribution in [2.45, 2.75) is 39.5 Å². The van der Waals surface area contributed by atoms with Gasteiger partial charge in [-0.1, -0.05) is 45.2 Å². The molecule has 0 N–H and O–H groups in total. The number of hydrogen-bond donors (Lipinski definition) is 0. The second-order valence-electron chi connectivity index (χ2n) is 4.51. The maximum Gasteiger partial charge on any atom is 0.128 e. The van der Waals surface area contributed by atoms with Crippen LogP contribution in [-0.4, -0.2) is 12.6 Å². The molecule has 1 rings (SSSR count). The van der Waals surface area contributed by atoms with Crippen LogP contribution in [-0.2, 0) is 0 Å². The fourth-order valence-corrected chi connectivity index (χ4v) is 1.87. The van der Waals surface area contributed by atoms with E-state index in [9.17, 15) is 9.90 Å². The molecule has 1 aromatic rings. The highest BCUT2D eigenvalue weighted by Gasteiger charge is 2.09. The highest BCUT2D eigenvalue weighted by Crippen LogP contribution is 2.20. The van der Waals surface area contributed by atoms with Crippen LogP contribution in [0, 0.1) is 5.92 Å². The SMILES string of the molecule is CCCCC(CC)COc1ccccc1C(=O)[O-]. The van der Waals surface area contributed by atoms with Gasteiger partial charge in [-0.25, -0.2) is 0 Å². The Labute approximate surface area is 109 Å². The summed E-state index contributed by atoms with van der Waals surface area (Å²) in [6.07, 6.45) is 4.53. The average molecular weight is 249 g/mol. The van der Waals surface area contributed by atoms with Crippen molar-refractivity contribution in [3.8, 4) is 5.75 Å². The number of rotatable bonds is 8. The summed E-state index contributed by atoms with van der Waals surface area (Å²) in [6, 6.07) is 6.64. The van der Waals surface area contributed by atoms with Gasteiger partial charge in [0.1, 0.15) is 5.75 Å². The van der Waals surface area contributed by atoms with Crippen molar-refractivity contribution in [1.82, 2.24) is 0 Å². The number of unbranched alkanes of at least 4 members (excludes halogenated alkanes) is 1. The molecule has 0 spiro atoms. The predicted molar refractivity (Wildman–Crippen MR) is 69.6 cm³/mol. The lowest BCUT2D eigenvalue weighted by atomic mass is 10.0. The van der Waals surface area contributed by atoms with Gasteiger partial charge in [0.25, 0.3) is 0 Å². The molecule has 0 heterocycles. The topological polar surface area (TPSA) is 49.4 Å². The predicted octanol–water partition coefficient (Wildman–Crippen LogP) is 2.65. The molecule has 1 aromatic carbocycles. The van der Waals surface area contributed by atoms with Crippen molar-refractivity contribution >= 4 is 5.97 Å². The molecular formula is C15H21O3-. The monoisotopic (exact) mass is 249 g/mol. The minimum Gasteiger partial charge on any atom is -0.545 e. The van der Waals surface area contributed by atoms with Crippen LogP contribution in [0.1, 0.15) is 49.9 Å². The standard InChI is InChI=1S/C15H22O3/c1-3-5-8-12(4-2)11-18-14-10-7-6-9-13(14)15(16)17/h6-7,9-10,12H,3-5,8,11H2,1-2H3,(H,16,17)/p-1. The molecule has 0 aliphatic heterocycles. The lowest BCUT2D eigenvalue weighted by Gasteiger charge is -2.17. The molecule has 100 valence electrons. The molecule has 0 saturated carbocycles.